The zero-order chi connectivity index (χ0) is 28.5. The van der Waals surface area contributed by atoms with Crippen LogP contribution in [0.5, 0.6) is 5.75 Å². The Labute approximate surface area is 244 Å². The van der Waals surface area contributed by atoms with Crippen LogP contribution >= 0.6 is 0 Å². The molecule has 3 aromatic rings. The van der Waals surface area contributed by atoms with Gasteiger partial charge in [0.25, 0.3) is 0 Å². The largest absolute Gasteiger partial charge is 0.489 e. The third-order valence-corrected chi connectivity index (χ3v) is 9.62. The van der Waals surface area contributed by atoms with Gasteiger partial charge in [-0.25, -0.2) is 9.67 Å². The number of allylic oxidation sites excluding steroid dienone is 1. The predicted molar refractivity (Wildman–Crippen MR) is 163 cm³/mol. The Morgan fingerprint density at radius 3 is 2.56 bits per heavy atom. The van der Waals surface area contributed by atoms with Gasteiger partial charge in [0.05, 0.1) is 11.9 Å². The molecule has 3 aliphatic rings. The maximum Gasteiger partial charge on any atom is 0.225 e. The van der Waals surface area contributed by atoms with Crippen molar-refractivity contribution in [2.45, 2.75) is 85.0 Å². The fourth-order valence-electron chi connectivity index (χ4n) is 6.71. The molecular formula is C35H44N4O2. The summed E-state index contributed by atoms with van der Waals surface area (Å²) in [5, 5.41) is 4.56. The van der Waals surface area contributed by atoms with Crippen LogP contribution in [0.2, 0.25) is 0 Å². The molecule has 216 valence electrons. The Morgan fingerprint density at radius 1 is 1.05 bits per heavy atom. The number of pyridine rings is 1. The molecule has 0 radical (unpaired) electrons. The van der Waals surface area contributed by atoms with Crippen molar-refractivity contribution < 1.29 is 9.53 Å². The van der Waals surface area contributed by atoms with E-state index >= 15 is 0 Å². The van der Waals surface area contributed by atoms with Crippen molar-refractivity contribution in [1.29, 1.82) is 0 Å². The molecule has 0 spiro atoms. The molecular weight excluding hydrogens is 508 g/mol. The Hall–Kier alpha value is -3.41. The van der Waals surface area contributed by atoms with Crippen molar-refractivity contribution >= 4 is 11.5 Å². The number of likely N-dealkylation sites (tertiary alicyclic amines) is 1. The standard InChI is InChI=1S/C35H44N4O2/c1-5-26-20-29(14-15-30(26)27-16-18-38(19-17-27)35(40)28-12-13-28)41-22-32-23(2)8-6-9-31(32)33-10-7-11-34(37-33)39-25(4)24(3)21-36-39/h7,10-11,14-15,20-21,23,27-28H,5-6,8-9,12-13,16-19,22H2,1-4H3. The number of ether oxygens (including phenoxy) is 1. The number of aromatic nitrogens is 3. The SMILES string of the molecule is CCc1cc(OCC2=C(c3cccc(-n4ncc(C)c4C)n3)CCCC2C)ccc1C1CCN(C(=O)C2CC2)CC1. The van der Waals surface area contributed by atoms with E-state index in [1.807, 2.05) is 16.9 Å². The molecule has 1 aromatic carbocycles. The smallest absolute Gasteiger partial charge is 0.225 e. The van der Waals surface area contributed by atoms with Gasteiger partial charge in [0.1, 0.15) is 12.4 Å². The van der Waals surface area contributed by atoms with Gasteiger partial charge in [0.2, 0.25) is 5.91 Å². The summed E-state index contributed by atoms with van der Waals surface area (Å²) in [6.45, 7) is 11.1. The van der Waals surface area contributed by atoms with E-state index in [0.717, 1.165) is 74.6 Å². The topological polar surface area (TPSA) is 60.2 Å². The minimum atomic E-state index is 0.321. The summed E-state index contributed by atoms with van der Waals surface area (Å²) in [5.41, 5.74) is 8.83. The van der Waals surface area contributed by atoms with Crippen LogP contribution in [0.25, 0.3) is 11.4 Å². The monoisotopic (exact) mass is 552 g/mol. The lowest BCUT2D eigenvalue weighted by Crippen LogP contribution is -2.38. The van der Waals surface area contributed by atoms with E-state index in [4.69, 9.17) is 9.72 Å². The van der Waals surface area contributed by atoms with Crippen LogP contribution in [0.15, 0.2) is 48.2 Å². The van der Waals surface area contributed by atoms with Crippen LogP contribution in [0, 0.1) is 25.7 Å². The van der Waals surface area contributed by atoms with Gasteiger partial charge in [-0.05, 0) is 129 Å². The molecule has 2 fully saturated rings. The number of amides is 1. The van der Waals surface area contributed by atoms with E-state index in [0.29, 0.717) is 30.3 Å². The Morgan fingerprint density at radius 2 is 1.85 bits per heavy atom. The summed E-state index contributed by atoms with van der Waals surface area (Å²) in [6.07, 6.45) is 10.6. The minimum absolute atomic E-state index is 0.321. The molecule has 3 heterocycles. The van der Waals surface area contributed by atoms with E-state index in [1.165, 1.54) is 40.7 Å². The first-order valence-electron chi connectivity index (χ1n) is 15.7. The maximum atomic E-state index is 12.5. The number of carbonyl (C=O) groups excluding carboxylic acids is 1. The molecule has 1 unspecified atom stereocenters. The normalized spacial score (nSPS) is 20.0. The summed E-state index contributed by atoms with van der Waals surface area (Å²) in [6, 6.07) is 13.0. The molecule has 2 aromatic heterocycles. The molecule has 2 aliphatic carbocycles. The molecule has 6 rings (SSSR count). The molecule has 6 heteroatoms. The average Bonchev–Trinajstić information content (AvgIpc) is 3.80. The van der Waals surface area contributed by atoms with Gasteiger partial charge >= 0.3 is 0 Å². The van der Waals surface area contributed by atoms with Gasteiger partial charge in [-0.1, -0.05) is 26.0 Å². The number of benzene rings is 1. The highest BCUT2D eigenvalue weighted by molar-refractivity contribution is 5.81. The second kappa shape index (κ2) is 11.8. The maximum absolute atomic E-state index is 12.5. The lowest BCUT2D eigenvalue weighted by molar-refractivity contribution is -0.133. The highest BCUT2D eigenvalue weighted by atomic mass is 16.5. The molecule has 1 saturated heterocycles. The number of nitrogens with zero attached hydrogens (tertiary/aromatic N) is 4. The van der Waals surface area contributed by atoms with Crippen LogP contribution in [0.3, 0.4) is 0 Å². The van der Waals surface area contributed by atoms with Crippen molar-refractivity contribution in [2.24, 2.45) is 11.8 Å². The number of rotatable bonds is 8. The molecule has 0 N–H and O–H groups in total. The zero-order valence-electron chi connectivity index (χ0n) is 25.2. The zero-order valence-corrected chi connectivity index (χ0v) is 25.2. The van der Waals surface area contributed by atoms with Gasteiger partial charge in [-0.2, -0.15) is 5.10 Å². The lowest BCUT2D eigenvalue weighted by Gasteiger charge is -2.33. The van der Waals surface area contributed by atoms with Gasteiger partial charge < -0.3 is 9.64 Å². The molecule has 1 amide bonds. The van der Waals surface area contributed by atoms with Crippen molar-refractivity contribution in [3.05, 3.63) is 76.2 Å². The number of piperidine rings is 1. The van der Waals surface area contributed by atoms with Crippen LogP contribution in [-0.2, 0) is 11.2 Å². The van der Waals surface area contributed by atoms with Gasteiger partial charge in [0.15, 0.2) is 5.82 Å². The summed E-state index contributed by atoms with van der Waals surface area (Å²) in [7, 11) is 0. The third kappa shape index (κ3) is 5.84. The Balaban J connectivity index is 1.18. The Bertz CT molecular complexity index is 1440. The molecule has 6 nitrogen and oxygen atoms in total. The molecule has 41 heavy (non-hydrogen) atoms. The predicted octanol–water partition coefficient (Wildman–Crippen LogP) is 7.22. The fraction of sp³-hybridized carbons (Fsp3) is 0.514. The second-order valence-electron chi connectivity index (χ2n) is 12.4. The third-order valence-electron chi connectivity index (χ3n) is 9.62. The highest BCUT2D eigenvalue weighted by Gasteiger charge is 2.35. The van der Waals surface area contributed by atoms with E-state index in [9.17, 15) is 4.79 Å². The van der Waals surface area contributed by atoms with Crippen molar-refractivity contribution in [1.82, 2.24) is 19.7 Å². The van der Waals surface area contributed by atoms with Crippen LogP contribution < -0.4 is 4.74 Å². The van der Waals surface area contributed by atoms with E-state index in [1.54, 1.807) is 0 Å². The summed E-state index contributed by atoms with van der Waals surface area (Å²) in [5.74, 6) is 3.51. The average molecular weight is 553 g/mol. The second-order valence-corrected chi connectivity index (χ2v) is 12.4. The summed E-state index contributed by atoms with van der Waals surface area (Å²) >= 11 is 0. The Kier molecular flexibility index (Phi) is 8.01. The first-order valence-corrected chi connectivity index (χ1v) is 15.7. The fourth-order valence-corrected chi connectivity index (χ4v) is 6.71. The first kappa shape index (κ1) is 27.7. The molecule has 1 aliphatic heterocycles. The quantitative estimate of drug-likeness (QED) is 0.296. The van der Waals surface area contributed by atoms with Gasteiger partial charge in [-0.15, -0.1) is 0 Å². The molecule has 1 atom stereocenters. The van der Waals surface area contributed by atoms with Crippen LogP contribution in [-0.4, -0.2) is 45.3 Å². The number of hydrogen-bond acceptors (Lipinski definition) is 4. The van der Waals surface area contributed by atoms with Gasteiger partial charge in [0, 0.05) is 24.7 Å². The van der Waals surface area contributed by atoms with Crippen molar-refractivity contribution in [2.75, 3.05) is 19.7 Å². The lowest BCUT2D eigenvalue weighted by atomic mass is 9.82. The molecule has 1 saturated carbocycles. The first-order chi connectivity index (χ1) is 19.9. The van der Waals surface area contributed by atoms with E-state index in [2.05, 4.69) is 68.0 Å². The number of carbonyl (C=O) groups is 1. The summed E-state index contributed by atoms with van der Waals surface area (Å²) < 4.78 is 8.45. The minimum Gasteiger partial charge on any atom is -0.489 e. The van der Waals surface area contributed by atoms with Gasteiger partial charge in [-0.3, -0.25) is 4.79 Å². The molecule has 0 bridgehead atoms. The number of aryl methyl sites for hydroxylation is 2. The van der Waals surface area contributed by atoms with Crippen molar-refractivity contribution in [3.8, 4) is 11.6 Å². The van der Waals surface area contributed by atoms with Crippen LogP contribution in [0.1, 0.15) is 92.8 Å². The van der Waals surface area contributed by atoms with E-state index in [-0.39, 0.29) is 0 Å². The van der Waals surface area contributed by atoms with Crippen molar-refractivity contribution in [3.63, 3.8) is 0 Å². The number of hydrogen-bond donors (Lipinski definition) is 0. The van der Waals surface area contributed by atoms with E-state index < -0.39 is 0 Å². The van der Waals surface area contributed by atoms with Crippen LogP contribution in [0.4, 0.5) is 0 Å². The highest BCUT2D eigenvalue weighted by Crippen LogP contribution is 2.38. The summed E-state index contributed by atoms with van der Waals surface area (Å²) in [4.78, 5) is 19.7.